The van der Waals surface area contributed by atoms with E-state index in [2.05, 4.69) is 0 Å². The quantitative estimate of drug-likeness (QED) is 0.275. The van der Waals surface area contributed by atoms with Crippen LogP contribution in [0.25, 0.3) is 0 Å². The van der Waals surface area contributed by atoms with E-state index in [4.69, 9.17) is 0 Å². The average molecular weight is 207 g/mol. The van der Waals surface area contributed by atoms with Crippen LogP contribution in [0.5, 0.6) is 0 Å². The van der Waals surface area contributed by atoms with Crippen LogP contribution < -0.4 is 29.6 Å². The molecule has 0 aromatic heterocycles. The molecule has 0 aromatic carbocycles. The topological polar surface area (TPSA) is 60.4 Å². The summed E-state index contributed by atoms with van der Waals surface area (Å²) in [6.07, 6.45) is 0. The third-order valence-electron chi connectivity index (χ3n) is 0.766. The summed E-state index contributed by atoms with van der Waals surface area (Å²) in [7, 11) is -0.00801. The second-order valence-corrected chi connectivity index (χ2v) is 5.43. The minimum absolute atomic E-state index is 0. The van der Waals surface area contributed by atoms with E-state index in [1.165, 1.54) is 0 Å². The van der Waals surface area contributed by atoms with E-state index in [0.29, 0.717) is 23.1 Å². The zero-order chi connectivity index (χ0) is 8.20. The molecule has 0 N–H and O–H groups in total. The third-order valence-corrected chi connectivity index (χ3v) is 2.77. The Morgan fingerprint density at radius 1 is 1.45 bits per heavy atom. The van der Waals surface area contributed by atoms with Gasteiger partial charge in [0, 0.05) is 12.3 Å². The molecule has 0 atom stereocenters. The zero-order valence-corrected chi connectivity index (χ0v) is 10.5. The van der Waals surface area contributed by atoms with Crippen LogP contribution in [0.2, 0.25) is 0 Å². The Balaban J connectivity index is 0. The van der Waals surface area contributed by atoms with Crippen molar-refractivity contribution in [1.29, 1.82) is 0 Å². The van der Waals surface area contributed by atoms with Crippen molar-refractivity contribution in [2.75, 3.05) is 26.4 Å². The normalized spacial score (nSPS) is 11.3. The standard InChI is InChI=1S/C4H11NO3S2.Na/c1-5(2)3-4-9-10(6,7)8;/h3-4H2,1-2H3,(H,6,7,8);/q;+1/p-1. The SMILES string of the molecule is CN(C)CCSS(=O)(=O)[O-].[Na+]. The monoisotopic (exact) mass is 207 g/mol. The van der Waals surface area contributed by atoms with Crippen LogP contribution >= 0.6 is 10.8 Å². The number of hydrogen-bond acceptors (Lipinski definition) is 5. The van der Waals surface area contributed by atoms with Gasteiger partial charge in [-0.3, -0.25) is 0 Å². The van der Waals surface area contributed by atoms with Crippen LogP contribution in [0.3, 0.4) is 0 Å². The van der Waals surface area contributed by atoms with Gasteiger partial charge in [-0.1, -0.05) is 0 Å². The Hall–Kier alpha value is 1.22. The second kappa shape index (κ2) is 6.71. The Bertz CT molecular complexity index is 180. The summed E-state index contributed by atoms with van der Waals surface area (Å²) in [5.41, 5.74) is 0. The van der Waals surface area contributed by atoms with E-state index >= 15 is 0 Å². The van der Waals surface area contributed by atoms with E-state index in [1.807, 2.05) is 19.0 Å². The molecule has 7 heteroatoms. The zero-order valence-electron chi connectivity index (χ0n) is 6.90. The largest absolute Gasteiger partial charge is 1.00 e. The van der Waals surface area contributed by atoms with Crippen molar-refractivity contribution in [3.05, 3.63) is 0 Å². The molecular weight excluding hydrogens is 197 g/mol. The van der Waals surface area contributed by atoms with Crippen LogP contribution in [-0.4, -0.2) is 44.3 Å². The van der Waals surface area contributed by atoms with Crippen molar-refractivity contribution in [2.45, 2.75) is 0 Å². The fourth-order valence-electron chi connectivity index (χ4n) is 0.322. The Kier molecular flexibility index (Phi) is 8.98. The summed E-state index contributed by atoms with van der Waals surface area (Å²) in [6, 6.07) is 0. The smallest absolute Gasteiger partial charge is 0.739 e. The summed E-state index contributed by atoms with van der Waals surface area (Å²) in [6.45, 7) is 0.603. The molecule has 0 aliphatic heterocycles. The van der Waals surface area contributed by atoms with Crippen molar-refractivity contribution < 1.29 is 42.5 Å². The first kappa shape index (κ1) is 14.7. The molecule has 0 bridgehead atoms. The van der Waals surface area contributed by atoms with E-state index in [0.717, 1.165) is 0 Å². The fourth-order valence-corrected chi connectivity index (χ4v) is 1.80. The van der Waals surface area contributed by atoms with Crippen molar-refractivity contribution in [2.24, 2.45) is 0 Å². The number of rotatable bonds is 4. The molecule has 0 aromatic rings. The number of nitrogens with zero attached hydrogens (tertiary/aromatic N) is 1. The number of hydrogen-bond donors (Lipinski definition) is 0. The van der Waals surface area contributed by atoms with Crippen LogP contribution in [0.4, 0.5) is 0 Å². The molecule has 0 fully saturated rings. The van der Waals surface area contributed by atoms with Crippen LogP contribution in [0, 0.1) is 0 Å². The van der Waals surface area contributed by atoms with Gasteiger partial charge in [-0.2, -0.15) is 0 Å². The van der Waals surface area contributed by atoms with Crippen molar-refractivity contribution in [3.8, 4) is 0 Å². The fraction of sp³-hybridized carbons (Fsp3) is 1.00. The Morgan fingerprint density at radius 2 is 1.91 bits per heavy atom. The van der Waals surface area contributed by atoms with Gasteiger partial charge in [0.1, 0.15) is 9.15 Å². The van der Waals surface area contributed by atoms with Gasteiger partial charge in [-0.15, -0.1) is 0 Å². The van der Waals surface area contributed by atoms with Gasteiger partial charge in [0.05, 0.1) is 0 Å². The van der Waals surface area contributed by atoms with E-state index in [-0.39, 0.29) is 29.6 Å². The van der Waals surface area contributed by atoms with Gasteiger partial charge in [0.15, 0.2) is 0 Å². The molecule has 0 saturated heterocycles. The maximum atomic E-state index is 10.0. The van der Waals surface area contributed by atoms with Crippen LogP contribution in [-0.2, 0) is 9.15 Å². The summed E-state index contributed by atoms with van der Waals surface area (Å²) in [5, 5.41) is 0. The summed E-state index contributed by atoms with van der Waals surface area (Å²) in [4.78, 5) is 1.82. The average Bonchev–Trinajstić information content (AvgIpc) is 1.59. The van der Waals surface area contributed by atoms with E-state index in [9.17, 15) is 13.0 Å². The summed E-state index contributed by atoms with van der Waals surface area (Å²) < 4.78 is 30.0. The molecule has 0 aliphatic carbocycles. The molecule has 0 radical (unpaired) electrons. The molecule has 0 unspecified atom stereocenters. The molecular formula is C4H10NNaO3S2. The van der Waals surface area contributed by atoms with Crippen molar-refractivity contribution in [3.63, 3.8) is 0 Å². The van der Waals surface area contributed by atoms with Crippen molar-refractivity contribution >= 4 is 19.9 Å². The predicted molar refractivity (Wildman–Crippen MR) is 40.7 cm³/mol. The summed E-state index contributed by atoms with van der Waals surface area (Å²) >= 11 is 0. The summed E-state index contributed by atoms with van der Waals surface area (Å²) in [5.74, 6) is 0.332. The van der Waals surface area contributed by atoms with Crippen LogP contribution in [0.15, 0.2) is 0 Å². The molecule has 0 aliphatic rings. The second-order valence-electron chi connectivity index (χ2n) is 2.03. The van der Waals surface area contributed by atoms with Gasteiger partial charge < -0.3 is 9.45 Å². The Labute approximate surface area is 93.2 Å². The van der Waals surface area contributed by atoms with Gasteiger partial charge >= 0.3 is 29.6 Å². The third kappa shape index (κ3) is 14.1. The van der Waals surface area contributed by atoms with Gasteiger partial charge in [-0.25, -0.2) is 8.42 Å². The molecule has 62 valence electrons. The van der Waals surface area contributed by atoms with E-state index < -0.39 is 9.15 Å². The predicted octanol–water partition coefficient (Wildman–Crippen LogP) is -3.25. The maximum Gasteiger partial charge on any atom is 1.00 e. The molecule has 0 rings (SSSR count). The Morgan fingerprint density at radius 3 is 2.18 bits per heavy atom. The maximum absolute atomic E-state index is 10.0. The van der Waals surface area contributed by atoms with Gasteiger partial charge in [0.2, 0.25) is 0 Å². The molecule has 0 saturated carbocycles. The van der Waals surface area contributed by atoms with E-state index in [1.54, 1.807) is 0 Å². The molecule has 0 spiro atoms. The molecule has 0 amide bonds. The van der Waals surface area contributed by atoms with Crippen molar-refractivity contribution in [1.82, 2.24) is 4.90 Å². The minimum atomic E-state index is -4.08. The first-order valence-corrected chi connectivity index (χ1v) is 5.58. The molecule has 4 nitrogen and oxygen atoms in total. The van der Waals surface area contributed by atoms with Gasteiger partial charge in [-0.05, 0) is 24.9 Å². The molecule has 11 heavy (non-hydrogen) atoms. The first-order valence-electron chi connectivity index (χ1n) is 2.67. The van der Waals surface area contributed by atoms with Gasteiger partial charge in [0.25, 0.3) is 0 Å². The minimum Gasteiger partial charge on any atom is -0.739 e. The molecule has 0 heterocycles. The first-order chi connectivity index (χ1) is 4.42. The van der Waals surface area contributed by atoms with Crippen LogP contribution in [0.1, 0.15) is 0 Å².